The largest absolute Gasteiger partial charge is 0.389 e. The third-order valence-corrected chi connectivity index (χ3v) is 4.31. The molecule has 0 bridgehead atoms. The van der Waals surface area contributed by atoms with E-state index in [-0.39, 0.29) is 0 Å². The molecule has 1 heterocycles. The second kappa shape index (κ2) is 5.54. The molecule has 0 atom stereocenters. The lowest BCUT2D eigenvalue weighted by molar-refractivity contribution is 0.822. The summed E-state index contributed by atoms with van der Waals surface area (Å²) in [7, 11) is 2.11. The Labute approximate surface area is 134 Å². The summed E-state index contributed by atoms with van der Waals surface area (Å²) in [6.45, 7) is 1.88. The number of likely N-dealkylation sites (N-methyl/N-ethyl adjacent to an activating group) is 1. The van der Waals surface area contributed by atoms with Gasteiger partial charge >= 0.3 is 0 Å². The van der Waals surface area contributed by atoms with Gasteiger partial charge in [-0.1, -0.05) is 36.0 Å². The van der Waals surface area contributed by atoms with Crippen LogP contribution < -0.4 is 15.5 Å². The van der Waals surface area contributed by atoms with Crippen LogP contribution in [-0.4, -0.2) is 25.1 Å². The van der Waals surface area contributed by atoms with Crippen LogP contribution in [0.5, 0.6) is 0 Å². The van der Waals surface area contributed by atoms with E-state index in [9.17, 15) is 0 Å². The van der Waals surface area contributed by atoms with Gasteiger partial charge in [-0.25, -0.2) is 0 Å². The highest BCUT2D eigenvalue weighted by atomic mass is 35.5. The van der Waals surface area contributed by atoms with Gasteiger partial charge in [0.1, 0.15) is 4.99 Å². The van der Waals surface area contributed by atoms with E-state index in [1.54, 1.807) is 0 Å². The van der Waals surface area contributed by atoms with Crippen molar-refractivity contribution < 1.29 is 0 Å². The van der Waals surface area contributed by atoms with Crippen LogP contribution in [0.1, 0.15) is 5.56 Å². The van der Waals surface area contributed by atoms with E-state index in [2.05, 4.69) is 41.1 Å². The van der Waals surface area contributed by atoms with Gasteiger partial charge in [-0.3, -0.25) is 0 Å². The molecule has 3 nitrogen and oxygen atoms in total. The van der Waals surface area contributed by atoms with E-state index in [1.807, 2.05) is 18.2 Å². The Bertz CT molecular complexity index is 702. The maximum absolute atomic E-state index is 6.29. The second-order valence-electron chi connectivity index (χ2n) is 5.09. The summed E-state index contributed by atoms with van der Waals surface area (Å²) in [6.07, 6.45) is 0. The van der Waals surface area contributed by atoms with Crippen LogP contribution >= 0.6 is 23.8 Å². The minimum Gasteiger partial charge on any atom is -0.389 e. The van der Waals surface area contributed by atoms with E-state index in [0.29, 0.717) is 10.0 Å². The summed E-state index contributed by atoms with van der Waals surface area (Å²) >= 11 is 11.3. The molecule has 2 aromatic rings. The molecule has 2 aromatic carbocycles. The van der Waals surface area contributed by atoms with Gasteiger partial charge in [0.05, 0.1) is 16.4 Å². The van der Waals surface area contributed by atoms with E-state index < -0.39 is 0 Å². The van der Waals surface area contributed by atoms with E-state index in [1.165, 1.54) is 11.4 Å². The maximum atomic E-state index is 6.29. The highest BCUT2D eigenvalue weighted by molar-refractivity contribution is 7.80. The van der Waals surface area contributed by atoms with Crippen molar-refractivity contribution in [2.24, 2.45) is 5.73 Å². The molecule has 108 valence electrons. The molecular weight excluding hydrogens is 302 g/mol. The van der Waals surface area contributed by atoms with Crippen LogP contribution in [0, 0.1) is 0 Å². The van der Waals surface area contributed by atoms with E-state index >= 15 is 0 Å². The van der Waals surface area contributed by atoms with Gasteiger partial charge in [0.15, 0.2) is 0 Å². The average Bonchev–Trinajstić information content (AvgIpc) is 2.47. The fraction of sp³-hybridized carbons (Fsp3) is 0.188. The first-order chi connectivity index (χ1) is 10.1. The monoisotopic (exact) mass is 317 g/mol. The second-order valence-corrected chi connectivity index (χ2v) is 5.94. The Morgan fingerprint density at radius 1 is 1.14 bits per heavy atom. The first-order valence-corrected chi connectivity index (χ1v) is 7.53. The summed E-state index contributed by atoms with van der Waals surface area (Å²) in [5.41, 5.74) is 9.85. The molecule has 0 aliphatic carbocycles. The molecule has 0 unspecified atom stereocenters. The molecule has 1 aliphatic heterocycles. The lowest BCUT2D eigenvalue weighted by Gasteiger charge is -2.37. The molecule has 21 heavy (non-hydrogen) atoms. The Morgan fingerprint density at radius 2 is 1.86 bits per heavy atom. The highest BCUT2D eigenvalue weighted by Gasteiger charge is 2.21. The van der Waals surface area contributed by atoms with Crippen molar-refractivity contribution in [3.8, 4) is 0 Å². The smallest absolute Gasteiger partial charge is 0.105 e. The number of para-hydroxylation sites is 2. The normalized spacial score (nSPS) is 14.0. The lowest BCUT2D eigenvalue weighted by Crippen LogP contribution is -2.36. The van der Waals surface area contributed by atoms with Crippen molar-refractivity contribution in [3.63, 3.8) is 0 Å². The van der Waals surface area contributed by atoms with Crippen LogP contribution in [0.25, 0.3) is 0 Å². The van der Waals surface area contributed by atoms with Gasteiger partial charge in [0, 0.05) is 31.4 Å². The number of halogens is 1. The first-order valence-electron chi connectivity index (χ1n) is 6.75. The highest BCUT2D eigenvalue weighted by Crippen LogP contribution is 2.37. The predicted molar refractivity (Wildman–Crippen MR) is 94.1 cm³/mol. The minimum atomic E-state index is 0.324. The topological polar surface area (TPSA) is 32.5 Å². The number of nitrogens with zero attached hydrogens (tertiary/aromatic N) is 2. The zero-order valence-electron chi connectivity index (χ0n) is 11.7. The third-order valence-electron chi connectivity index (χ3n) is 3.77. The maximum Gasteiger partial charge on any atom is 0.105 e. The van der Waals surface area contributed by atoms with Crippen molar-refractivity contribution in [1.29, 1.82) is 0 Å². The molecule has 0 saturated heterocycles. The van der Waals surface area contributed by atoms with Crippen molar-refractivity contribution in [3.05, 3.63) is 53.1 Å². The van der Waals surface area contributed by atoms with E-state index in [4.69, 9.17) is 29.6 Å². The number of thiocarbonyl (C=S) groups is 1. The van der Waals surface area contributed by atoms with Crippen molar-refractivity contribution >= 4 is 45.9 Å². The minimum absolute atomic E-state index is 0.324. The van der Waals surface area contributed by atoms with Gasteiger partial charge in [0.25, 0.3) is 0 Å². The molecule has 0 amide bonds. The Kier molecular flexibility index (Phi) is 3.74. The molecular formula is C16H16ClN3S. The van der Waals surface area contributed by atoms with Gasteiger partial charge in [-0.2, -0.15) is 0 Å². The summed E-state index contributed by atoms with van der Waals surface area (Å²) in [5, 5.41) is 0.594. The molecule has 1 aliphatic rings. The molecule has 0 spiro atoms. The zero-order valence-corrected chi connectivity index (χ0v) is 13.3. The van der Waals surface area contributed by atoms with Crippen LogP contribution in [0.15, 0.2) is 42.5 Å². The van der Waals surface area contributed by atoms with Crippen molar-refractivity contribution in [2.45, 2.75) is 0 Å². The average molecular weight is 318 g/mol. The van der Waals surface area contributed by atoms with Gasteiger partial charge in [-0.05, 0) is 30.3 Å². The molecule has 0 aromatic heterocycles. The van der Waals surface area contributed by atoms with Gasteiger partial charge in [0.2, 0.25) is 0 Å². The standard InChI is InChI=1S/C16H16ClN3S/c1-19-8-9-20(15-5-3-2-4-14(15)19)11-6-7-12(16(18)21)13(17)10-11/h2-7,10H,8-9H2,1H3,(H2,18,21). The molecule has 5 heteroatoms. The van der Waals surface area contributed by atoms with Crippen LogP contribution in [-0.2, 0) is 0 Å². The number of hydrogen-bond acceptors (Lipinski definition) is 3. The molecule has 0 radical (unpaired) electrons. The van der Waals surface area contributed by atoms with Crippen LogP contribution in [0.2, 0.25) is 5.02 Å². The predicted octanol–water partition coefficient (Wildman–Crippen LogP) is 3.56. The number of fused-ring (bicyclic) bond motifs is 1. The summed E-state index contributed by atoms with van der Waals surface area (Å²) in [4.78, 5) is 4.85. The first kappa shape index (κ1) is 14.2. The van der Waals surface area contributed by atoms with Crippen molar-refractivity contribution in [1.82, 2.24) is 0 Å². The van der Waals surface area contributed by atoms with Crippen molar-refractivity contribution in [2.75, 3.05) is 29.9 Å². The molecule has 2 N–H and O–H groups in total. The Balaban J connectivity index is 2.04. The van der Waals surface area contributed by atoms with Gasteiger partial charge < -0.3 is 15.5 Å². The van der Waals surface area contributed by atoms with Crippen LogP contribution in [0.3, 0.4) is 0 Å². The zero-order chi connectivity index (χ0) is 15.0. The molecule has 3 rings (SSSR count). The van der Waals surface area contributed by atoms with Crippen LogP contribution in [0.4, 0.5) is 17.1 Å². The number of rotatable bonds is 2. The number of nitrogens with two attached hydrogens (primary N) is 1. The quantitative estimate of drug-likeness (QED) is 0.858. The number of benzene rings is 2. The summed E-state index contributed by atoms with van der Waals surface area (Å²) < 4.78 is 0. The summed E-state index contributed by atoms with van der Waals surface area (Å²) in [5.74, 6) is 0. The van der Waals surface area contributed by atoms with Gasteiger partial charge in [-0.15, -0.1) is 0 Å². The summed E-state index contributed by atoms with van der Waals surface area (Å²) in [6, 6.07) is 14.2. The number of hydrogen-bond donors (Lipinski definition) is 1. The lowest BCUT2D eigenvalue weighted by atomic mass is 10.1. The fourth-order valence-electron chi connectivity index (χ4n) is 2.65. The Hall–Kier alpha value is -1.78. The van der Waals surface area contributed by atoms with E-state index in [0.717, 1.165) is 24.3 Å². The third kappa shape index (κ3) is 2.57. The SMILES string of the molecule is CN1CCN(c2ccc(C(N)=S)c(Cl)c2)c2ccccc21. The molecule has 0 fully saturated rings. The molecule has 0 saturated carbocycles. The Morgan fingerprint density at radius 3 is 2.52 bits per heavy atom. The number of anilines is 3. The fourth-order valence-corrected chi connectivity index (χ4v) is 3.16.